The molecule has 0 saturated carbocycles. The molecule has 0 radical (unpaired) electrons. The average molecular weight is 168 g/mol. The fourth-order valence-electron chi connectivity index (χ4n) is 0.500. The van der Waals surface area contributed by atoms with Crippen LogP contribution < -0.4 is 11.1 Å². The van der Waals surface area contributed by atoms with Crippen molar-refractivity contribution in [1.29, 1.82) is 0 Å². The van der Waals surface area contributed by atoms with Crippen molar-refractivity contribution in [3.05, 3.63) is 37.1 Å². The quantitative estimate of drug-likeness (QED) is 0.488. The first-order valence-electron chi connectivity index (χ1n) is 3.19. The van der Waals surface area contributed by atoms with Gasteiger partial charge in [0, 0.05) is 12.2 Å². The third kappa shape index (κ3) is 4.47. The molecule has 0 aliphatic heterocycles. The monoisotopic (exact) mass is 168 g/mol. The maximum Gasteiger partial charge on any atom is 0.0935 e. The van der Waals surface area contributed by atoms with Gasteiger partial charge in [-0.15, -0.1) is 0 Å². The minimum absolute atomic E-state index is 0.345. The largest absolute Gasteiger partial charge is 0.349 e. The average Bonchev–Trinajstić information content (AvgIpc) is 2.03. The van der Waals surface area contributed by atoms with Gasteiger partial charge in [0.2, 0.25) is 0 Å². The molecule has 0 aromatic carbocycles. The molecule has 0 rings (SSSR count). The van der Waals surface area contributed by atoms with Crippen molar-refractivity contribution in [2.75, 3.05) is 6.54 Å². The van der Waals surface area contributed by atoms with Crippen LogP contribution in [-0.2, 0) is 0 Å². The highest BCUT2D eigenvalue weighted by Crippen LogP contribution is 1.90. The Morgan fingerprint density at radius 2 is 2.18 bits per heavy atom. The molecule has 3 heteroatoms. The van der Waals surface area contributed by atoms with Gasteiger partial charge in [0.15, 0.2) is 0 Å². The van der Waals surface area contributed by atoms with Gasteiger partial charge in [-0.3, -0.25) is 0 Å². The van der Waals surface area contributed by atoms with Crippen molar-refractivity contribution in [2.45, 2.75) is 0 Å². The van der Waals surface area contributed by atoms with E-state index in [0.717, 1.165) is 5.70 Å². The Hall–Kier alpha value is -0.930. The number of hydrogen-bond acceptors (Lipinski definition) is 2. The summed E-state index contributed by atoms with van der Waals surface area (Å²) in [5, 5.41) is 2.90. The van der Waals surface area contributed by atoms with E-state index in [-0.39, 0.29) is 0 Å². The lowest BCUT2D eigenvalue weighted by molar-refractivity contribution is 1.15. The van der Waals surface area contributed by atoms with Gasteiger partial charge in [0.05, 0.1) is 4.99 Å². The van der Waals surface area contributed by atoms with E-state index in [1.54, 1.807) is 18.2 Å². The summed E-state index contributed by atoms with van der Waals surface area (Å²) in [5.41, 5.74) is 6.10. The summed E-state index contributed by atoms with van der Waals surface area (Å²) in [6.45, 7) is 7.48. The first kappa shape index (κ1) is 10.1. The molecule has 0 bridgehead atoms. The van der Waals surface area contributed by atoms with Gasteiger partial charge < -0.3 is 11.1 Å². The molecule has 2 nitrogen and oxygen atoms in total. The summed E-state index contributed by atoms with van der Waals surface area (Å²) >= 11 is 4.85. The smallest absolute Gasteiger partial charge is 0.0935 e. The third-order valence-corrected chi connectivity index (χ3v) is 1.26. The number of allylic oxidation sites excluding steroid dienone is 3. The lowest BCUT2D eigenvalue weighted by atomic mass is 10.3. The molecule has 0 atom stereocenters. The van der Waals surface area contributed by atoms with E-state index in [2.05, 4.69) is 18.5 Å². The van der Waals surface area contributed by atoms with E-state index >= 15 is 0 Å². The Kier molecular flexibility index (Phi) is 5.33. The second-order valence-corrected chi connectivity index (χ2v) is 2.31. The van der Waals surface area contributed by atoms with Gasteiger partial charge in [-0.25, -0.2) is 0 Å². The highest BCUT2D eigenvalue weighted by atomic mass is 32.1. The molecule has 0 aromatic rings. The third-order valence-electron chi connectivity index (χ3n) is 0.986. The summed E-state index contributed by atoms with van der Waals surface area (Å²) < 4.78 is 0. The van der Waals surface area contributed by atoms with Gasteiger partial charge in [0.1, 0.15) is 0 Å². The summed E-state index contributed by atoms with van der Waals surface area (Å²) in [5.74, 6) is 0. The number of nitrogens with two attached hydrogens (primary N) is 1. The van der Waals surface area contributed by atoms with Gasteiger partial charge in [0.25, 0.3) is 0 Å². The molecule has 0 spiro atoms. The molecular formula is C8H12N2S. The van der Waals surface area contributed by atoms with Crippen LogP contribution in [0.5, 0.6) is 0 Å². The first-order valence-corrected chi connectivity index (χ1v) is 3.60. The second-order valence-electron chi connectivity index (χ2n) is 1.81. The van der Waals surface area contributed by atoms with Crippen molar-refractivity contribution in [1.82, 2.24) is 5.32 Å². The molecule has 0 amide bonds. The van der Waals surface area contributed by atoms with Crippen LogP contribution in [0.15, 0.2) is 37.1 Å². The Morgan fingerprint density at radius 3 is 2.55 bits per heavy atom. The molecule has 0 aliphatic rings. The van der Waals surface area contributed by atoms with E-state index < -0.39 is 0 Å². The van der Waals surface area contributed by atoms with Crippen LogP contribution in [-0.4, -0.2) is 11.5 Å². The first-order chi connectivity index (χ1) is 5.24. The zero-order valence-electron chi connectivity index (χ0n) is 6.34. The molecule has 11 heavy (non-hydrogen) atoms. The second kappa shape index (κ2) is 5.82. The van der Waals surface area contributed by atoms with E-state index in [0.29, 0.717) is 11.5 Å². The zero-order chi connectivity index (χ0) is 8.69. The van der Waals surface area contributed by atoms with Crippen LogP contribution in [0, 0.1) is 0 Å². The van der Waals surface area contributed by atoms with E-state index in [9.17, 15) is 0 Å². The van der Waals surface area contributed by atoms with E-state index in [4.69, 9.17) is 18.0 Å². The predicted molar refractivity (Wildman–Crippen MR) is 53.3 cm³/mol. The van der Waals surface area contributed by atoms with Crippen molar-refractivity contribution in [2.24, 2.45) is 5.73 Å². The number of nitrogens with one attached hydrogen (secondary N) is 1. The maximum absolute atomic E-state index is 5.28. The summed E-state index contributed by atoms with van der Waals surface area (Å²) in [6.07, 6.45) is 5.09. The molecule has 0 aromatic heterocycles. The van der Waals surface area contributed by atoms with Crippen LogP contribution in [0.4, 0.5) is 0 Å². The van der Waals surface area contributed by atoms with E-state index in [1.807, 2.05) is 0 Å². The van der Waals surface area contributed by atoms with Gasteiger partial charge in [-0.05, 0) is 12.2 Å². The topological polar surface area (TPSA) is 38.0 Å². The highest BCUT2D eigenvalue weighted by Gasteiger charge is 1.91. The summed E-state index contributed by atoms with van der Waals surface area (Å²) in [6, 6.07) is 0. The lowest BCUT2D eigenvalue weighted by Crippen LogP contribution is -2.27. The molecule has 0 unspecified atom stereocenters. The molecule has 0 heterocycles. The molecule has 60 valence electrons. The van der Waals surface area contributed by atoms with Gasteiger partial charge in [-0.2, -0.15) is 0 Å². The zero-order valence-corrected chi connectivity index (χ0v) is 7.16. The van der Waals surface area contributed by atoms with Crippen LogP contribution in [0.25, 0.3) is 0 Å². The standard InChI is InChI=1S/C8H12N2S/c1-3-5-7(4-2)10-8(11)6-9/h3-5H,1-2,6,9H2,(H,10,11)/b7-5+. The number of thiocarbonyl (C=S) groups is 1. The molecule has 0 saturated heterocycles. The Morgan fingerprint density at radius 1 is 1.55 bits per heavy atom. The SMILES string of the molecule is C=C/C=C(\C=C)NC(=S)CN. The predicted octanol–water partition coefficient (Wildman–Crippen LogP) is 1.12. The Bertz CT molecular complexity index is 194. The van der Waals surface area contributed by atoms with Gasteiger partial charge in [-0.1, -0.05) is 31.5 Å². The number of rotatable bonds is 4. The lowest BCUT2D eigenvalue weighted by Gasteiger charge is -2.04. The number of hydrogen-bond donors (Lipinski definition) is 2. The maximum atomic E-state index is 5.28. The van der Waals surface area contributed by atoms with E-state index in [1.165, 1.54) is 0 Å². The van der Waals surface area contributed by atoms with Crippen molar-refractivity contribution in [3.8, 4) is 0 Å². The van der Waals surface area contributed by atoms with Gasteiger partial charge >= 0.3 is 0 Å². The summed E-state index contributed by atoms with van der Waals surface area (Å²) in [7, 11) is 0. The molecule has 0 aliphatic carbocycles. The van der Waals surface area contributed by atoms with Crippen LogP contribution in [0.2, 0.25) is 0 Å². The van der Waals surface area contributed by atoms with Crippen LogP contribution >= 0.6 is 12.2 Å². The normalized spacial score (nSPS) is 10.5. The van der Waals surface area contributed by atoms with Crippen molar-refractivity contribution >= 4 is 17.2 Å². The molecular weight excluding hydrogens is 156 g/mol. The van der Waals surface area contributed by atoms with Crippen molar-refractivity contribution in [3.63, 3.8) is 0 Å². The van der Waals surface area contributed by atoms with Crippen LogP contribution in [0.1, 0.15) is 0 Å². The Balaban J connectivity index is 4.08. The van der Waals surface area contributed by atoms with Crippen LogP contribution in [0.3, 0.4) is 0 Å². The summed E-state index contributed by atoms with van der Waals surface area (Å²) in [4.78, 5) is 0.595. The molecule has 3 N–H and O–H groups in total. The minimum Gasteiger partial charge on any atom is -0.349 e. The molecule has 0 fully saturated rings. The Labute approximate surface area is 72.5 Å². The fourth-order valence-corrected chi connectivity index (χ4v) is 0.618. The fraction of sp³-hybridized carbons (Fsp3) is 0.125. The van der Waals surface area contributed by atoms with Crippen molar-refractivity contribution < 1.29 is 0 Å². The highest BCUT2D eigenvalue weighted by molar-refractivity contribution is 7.80. The minimum atomic E-state index is 0.345.